The van der Waals surface area contributed by atoms with E-state index < -0.39 is 0 Å². The van der Waals surface area contributed by atoms with Crippen LogP contribution in [-0.4, -0.2) is 19.6 Å². The van der Waals surface area contributed by atoms with Crippen LogP contribution < -0.4 is 14.8 Å². The molecule has 4 heteroatoms. The molecule has 0 aliphatic carbocycles. The first-order valence-electron chi connectivity index (χ1n) is 8.55. The summed E-state index contributed by atoms with van der Waals surface area (Å²) in [6.45, 7) is 4.76. The van der Waals surface area contributed by atoms with Crippen LogP contribution in [0.4, 0.5) is 5.69 Å². The number of hydrogen-bond donors (Lipinski definition) is 1. The molecule has 0 unspecified atom stereocenters. The van der Waals surface area contributed by atoms with Crippen molar-refractivity contribution in [2.75, 3.05) is 19.0 Å². The van der Waals surface area contributed by atoms with Gasteiger partial charge in [-0.15, -0.1) is 0 Å². The van der Waals surface area contributed by atoms with Gasteiger partial charge in [0.1, 0.15) is 0 Å². The van der Waals surface area contributed by atoms with E-state index in [0.717, 1.165) is 29.7 Å². The summed E-state index contributed by atoms with van der Waals surface area (Å²) in [5.74, 6) is 1.21. The molecule has 0 spiro atoms. The molecule has 1 amide bonds. The third kappa shape index (κ3) is 5.38. The van der Waals surface area contributed by atoms with Crippen LogP contribution in [0.15, 0.2) is 48.5 Å². The van der Waals surface area contributed by atoms with Crippen molar-refractivity contribution in [3.8, 4) is 11.5 Å². The topological polar surface area (TPSA) is 47.6 Å². The molecular weight excluding hydrogens is 314 g/mol. The number of hydrogen-bond acceptors (Lipinski definition) is 3. The highest BCUT2D eigenvalue weighted by molar-refractivity contribution is 6.02. The largest absolute Gasteiger partial charge is 0.493 e. The number of rotatable bonds is 8. The van der Waals surface area contributed by atoms with Crippen molar-refractivity contribution in [3.63, 3.8) is 0 Å². The third-order valence-electron chi connectivity index (χ3n) is 3.73. The minimum absolute atomic E-state index is 0.161. The number of para-hydroxylation sites is 1. The van der Waals surface area contributed by atoms with E-state index in [-0.39, 0.29) is 5.91 Å². The van der Waals surface area contributed by atoms with Gasteiger partial charge in [-0.05, 0) is 48.2 Å². The quantitative estimate of drug-likeness (QED) is 0.709. The van der Waals surface area contributed by atoms with E-state index in [9.17, 15) is 4.79 Å². The molecule has 0 saturated carbocycles. The molecular formula is C21H25NO3. The highest BCUT2D eigenvalue weighted by Gasteiger charge is 2.05. The average Bonchev–Trinajstić information content (AvgIpc) is 2.65. The molecule has 4 nitrogen and oxygen atoms in total. The van der Waals surface area contributed by atoms with Crippen molar-refractivity contribution in [3.05, 3.63) is 59.7 Å². The van der Waals surface area contributed by atoms with Crippen LogP contribution in [0.1, 0.15) is 31.4 Å². The number of benzene rings is 2. The van der Waals surface area contributed by atoms with Gasteiger partial charge in [0.05, 0.1) is 13.7 Å². The van der Waals surface area contributed by atoms with Crippen LogP contribution in [0.5, 0.6) is 11.5 Å². The summed E-state index contributed by atoms with van der Waals surface area (Å²) >= 11 is 0. The molecule has 0 saturated heterocycles. The number of nitrogens with one attached hydrogen (secondary N) is 1. The average molecular weight is 339 g/mol. The lowest BCUT2D eigenvalue weighted by molar-refractivity contribution is -0.111. The highest BCUT2D eigenvalue weighted by Crippen LogP contribution is 2.28. The van der Waals surface area contributed by atoms with E-state index >= 15 is 0 Å². The zero-order valence-corrected chi connectivity index (χ0v) is 15.0. The van der Waals surface area contributed by atoms with Gasteiger partial charge in [-0.3, -0.25) is 4.79 Å². The fourth-order valence-corrected chi connectivity index (χ4v) is 2.42. The second-order valence-corrected chi connectivity index (χ2v) is 5.59. The molecule has 0 heterocycles. The summed E-state index contributed by atoms with van der Waals surface area (Å²) < 4.78 is 11.0. The summed E-state index contributed by atoms with van der Waals surface area (Å²) in [5.41, 5.74) is 2.84. The van der Waals surface area contributed by atoms with Crippen molar-refractivity contribution in [1.29, 1.82) is 0 Å². The third-order valence-corrected chi connectivity index (χ3v) is 3.73. The molecule has 0 fully saturated rings. The standard InChI is InChI=1S/C21H25NO3/c1-4-14-25-19-12-10-16(15-20(19)24-3)11-13-21(23)22-18-9-7-6-8-17(18)5-2/h6-13,15H,4-5,14H2,1-3H3,(H,22,23)/b13-11+. The Balaban J connectivity index is 2.06. The molecule has 0 aromatic heterocycles. The van der Waals surface area contributed by atoms with E-state index in [1.54, 1.807) is 13.2 Å². The molecule has 0 aliphatic heterocycles. The molecule has 1 N–H and O–H groups in total. The lowest BCUT2D eigenvalue weighted by Gasteiger charge is -2.10. The van der Waals surface area contributed by atoms with Crippen LogP contribution >= 0.6 is 0 Å². The van der Waals surface area contributed by atoms with Crippen molar-refractivity contribution in [2.45, 2.75) is 26.7 Å². The van der Waals surface area contributed by atoms with E-state index in [2.05, 4.69) is 19.2 Å². The van der Waals surface area contributed by atoms with Gasteiger partial charge in [-0.1, -0.05) is 38.1 Å². The Morgan fingerprint density at radius 2 is 1.92 bits per heavy atom. The first-order valence-corrected chi connectivity index (χ1v) is 8.55. The van der Waals surface area contributed by atoms with Crippen molar-refractivity contribution in [1.82, 2.24) is 0 Å². The number of methoxy groups -OCH3 is 1. The maximum Gasteiger partial charge on any atom is 0.248 e. The molecule has 0 radical (unpaired) electrons. The number of carbonyl (C=O) groups is 1. The first kappa shape index (κ1) is 18.6. The Labute approximate surface area is 149 Å². The fraction of sp³-hybridized carbons (Fsp3) is 0.286. The Bertz CT molecular complexity index is 738. The SMILES string of the molecule is CCCOc1ccc(/C=C/C(=O)Nc2ccccc2CC)cc1OC. The molecule has 2 aromatic rings. The summed E-state index contributed by atoms with van der Waals surface area (Å²) in [7, 11) is 1.61. The van der Waals surface area contributed by atoms with Crippen LogP contribution in [0.3, 0.4) is 0 Å². The van der Waals surface area contributed by atoms with Gasteiger partial charge in [-0.2, -0.15) is 0 Å². The van der Waals surface area contributed by atoms with E-state index in [4.69, 9.17) is 9.47 Å². The Morgan fingerprint density at radius 3 is 2.64 bits per heavy atom. The Kier molecular flexibility index (Phi) is 7.08. The fourth-order valence-electron chi connectivity index (χ4n) is 2.42. The van der Waals surface area contributed by atoms with Gasteiger partial charge in [0.15, 0.2) is 11.5 Å². The summed E-state index contributed by atoms with van der Waals surface area (Å²) in [5, 5.41) is 2.92. The van der Waals surface area contributed by atoms with E-state index in [1.165, 1.54) is 6.08 Å². The summed E-state index contributed by atoms with van der Waals surface area (Å²) in [4.78, 5) is 12.2. The lowest BCUT2D eigenvalue weighted by Crippen LogP contribution is -2.09. The second kappa shape index (κ2) is 9.52. The zero-order valence-electron chi connectivity index (χ0n) is 15.0. The van der Waals surface area contributed by atoms with Gasteiger partial charge in [0, 0.05) is 11.8 Å². The molecule has 132 valence electrons. The maximum atomic E-state index is 12.2. The number of ether oxygens (including phenoxy) is 2. The first-order chi connectivity index (χ1) is 12.2. The van der Waals surface area contributed by atoms with Crippen LogP contribution in [0, 0.1) is 0 Å². The molecule has 2 rings (SSSR count). The van der Waals surface area contributed by atoms with Gasteiger partial charge in [-0.25, -0.2) is 0 Å². The predicted octanol–water partition coefficient (Wildman–Crippen LogP) is 4.70. The van der Waals surface area contributed by atoms with Crippen LogP contribution in [0.25, 0.3) is 6.08 Å². The van der Waals surface area contributed by atoms with Gasteiger partial charge in [0.25, 0.3) is 0 Å². The Morgan fingerprint density at radius 1 is 1.12 bits per heavy atom. The van der Waals surface area contributed by atoms with Crippen molar-refractivity contribution >= 4 is 17.7 Å². The summed E-state index contributed by atoms with van der Waals surface area (Å²) in [6.07, 6.45) is 5.09. The van der Waals surface area contributed by atoms with Gasteiger partial charge < -0.3 is 14.8 Å². The van der Waals surface area contributed by atoms with Crippen molar-refractivity contribution < 1.29 is 14.3 Å². The zero-order chi connectivity index (χ0) is 18.1. The monoisotopic (exact) mass is 339 g/mol. The number of amides is 1. The minimum Gasteiger partial charge on any atom is -0.493 e. The molecule has 0 atom stereocenters. The van der Waals surface area contributed by atoms with E-state index in [1.807, 2.05) is 42.5 Å². The molecule has 25 heavy (non-hydrogen) atoms. The smallest absolute Gasteiger partial charge is 0.248 e. The molecule has 0 aliphatic rings. The maximum absolute atomic E-state index is 12.2. The highest BCUT2D eigenvalue weighted by atomic mass is 16.5. The number of aryl methyl sites for hydroxylation is 1. The van der Waals surface area contributed by atoms with Crippen molar-refractivity contribution in [2.24, 2.45) is 0 Å². The number of carbonyl (C=O) groups excluding carboxylic acids is 1. The normalized spacial score (nSPS) is 10.7. The molecule has 2 aromatic carbocycles. The second-order valence-electron chi connectivity index (χ2n) is 5.59. The van der Waals surface area contributed by atoms with Gasteiger partial charge >= 0.3 is 0 Å². The van der Waals surface area contributed by atoms with E-state index in [0.29, 0.717) is 18.1 Å². The van der Waals surface area contributed by atoms with Crippen LogP contribution in [-0.2, 0) is 11.2 Å². The lowest BCUT2D eigenvalue weighted by atomic mass is 10.1. The van der Waals surface area contributed by atoms with Gasteiger partial charge in [0.2, 0.25) is 5.91 Å². The van der Waals surface area contributed by atoms with Crippen LogP contribution in [0.2, 0.25) is 0 Å². The predicted molar refractivity (Wildman–Crippen MR) is 102 cm³/mol. The minimum atomic E-state index is -0.161. The number of anilines is 1. The molecule has 0 bridgehead atoms. The summed E-state index contributed by atoms with van der Waals surface area (Å²) in [6, 6.07) is 13.4. The Hall–Kier alpha value is -2.75.